The third-order valence-electron chi connectivity index (χ3n) is 3.92. The summed E-state index contributed by atoms with van der Waals surface area (Å²) in [5, 5.41) is 0. The summed E-state index contributed by atoms with van der Waals surface area (Å²) in [4.78, 5) is 0. The lowest BCUT2D eigenvalue weighted by atomic mass is 9.88. The van der Waals surface area contributed by atoms with E-state index in [1.807, 2.05) is 18.2 Å². The van der Waals surface area contributed by atoms with Gasteiger partial charge in [-0.05, 0) is 54.7 Å². The Balaban J connectivity index is 1.78. The molecular weight excluding hydrogens is 272 g/mol. The number of nitrogens with two attached hydrogens (primary N) is 1. The molecular formula is C17H17F2NO. The molecule has 2 nitrogen and oxygen atoms in total. The smallest absolute Gasteiger partial charge is 0.132 e. The van der Waals surface area contributed by atoms with Crippen molar-refractivity contribution in [3.63, 3.8) is 0 Å². The average molecular weight is 289 g/mol. The maximum Gasteiger partial charge on any atom is 0.132 e. The third kappa shape index (κ3) is 2.90. The Morgan fingerprint density at radius 1 is 1.14 bits per heavy atom. The molecule has 0 fully saturated rings. The van der Waals surface area contributed by atoms with Gasteiger partial charge in [-0.15, -0.1) is 0 Å². The van der Waals surface area contributed by atoms with E-state index in [4.69, 9.17) is 10.5 Å². The predicted octanol–water partition coefficient (Wildman–Crippen LogP) is 3.88. The van der Waals surface area contributed by atoms with Crippen LogP contribution in [-0.2, 0) is 13.0 Å². The maximum absolute atomic E-state index is 13.5. The molecule has 3 rings (SSSR count). The summed E-state index contributed by atoms with van der Waals surface area (Å²) in [5.74, 6) is -0.594. The molecule has 0 aromatic heterocycles. The quantitative estimate of drug-likeness (QED) is 0.930. The largest absolute Gasteiger partial charge is 0.489 e. The van der Waals surface area contributed by atoms with Crippen LogP contribution >= 0.6 is 0 Å². The van der Waals surface area contributed by atoms with Crippen molar-refractivity contribution in [1.29, 1.82) is 0 Å². The van der Waals surface area contributed by atoms with Crippen molar-refractivity contribution >= 4 is 0 Å². The Hall–Kier alpha value is -1.94. The van der Waals surface area contributed by atoms with Crippen molar-refractivity contribution in [2.24, 2.45) is 5.73 Å². The van der Waals surface area contributed by atoms with E-state index in [2.05, 4.69) is 0 Å². The summed E-state index contributed by atoms with van der Waals surface area (Å²) in [5.41, 5.74) is 8.35. The number of benzene rings is 2. The Kier molecular flexibility index (Phi) is 3.88. The molecule has 2 aromatic rings. The van der Waals surface area contributed by atoms with Crippen LogP contribution in [0.3, 0.4) is 0 Å². The highest BCUT2D eigenvalue weighted by Crippen LogP contribution is 2.31. The molecule has 0 unspecified atom stereocenters. The van der Waals surface area contributed by atoms with E-state index in [0.717, 1.165) is 24.8 Å². The molecule has 0 saturated heterocycles. The van der Waals surface area contributed by atoms with Crippen LogP contribution in [0.4, 0.5) is 8.78 Å². The van der Waals surface area contributed by atoms with Crippen molar-refractivity contribution in [2.75, 3.05) is 0 Å². The number of halogens is 2. The van der Waals surface area contributed by atoms with Gasteiger partial charge < -0.3 is 10.5 Å². The van der Waals surface area contributed by atoms with Gasteiger partial charge in [-0.1, -0.05) is 12.1 Å². The summed E-state index contributed by atoms with van der Waals surface area (Å²) >= 11 is 0. The van der Waals surface area contributed by atoms with Gasteiger partial charge in [0, 0.05) is 6.04 Å². The van der Waals surface area contributed by atoms with Crippen LogP contribution in [0.2, 0.25) is 0 Å². The molecule has 0 amide bonds. The van der Waals surface area contributed by atoms with Crippen molar-refractivity contribution in [3.05, 3.63) is 64.7 Å². The monoisotopic (exact) mass is 289 g/mol. The zero-order chi connectivity index (χ0) is 14.8. The highest BCUT2D eigenvalue weighted by Gasteiger charge is 2.17. The highest BCUT2D eigenvalue weighted by atomic mass is 19.1. The van der Waals surface area contributed by atoms with Crippen LogP contribution in [-0.4, -0.2) is 0 Å². The zero-order valence-corrected chi connectivity index (χ0v) is 11.6. The number of hydrogen-bond donors (Lipinski definition) is 1. The SMILES string of the molecule is N[C@@H]1CCCc2ccc(OCc3c(F)cccc3F)cc21. The van der Waals surface area contributed by atoms with E-state index < -0.39 is 11.6 Å². The van der Waals surface area contributed by atoms with Gasteiger partial charge in [0.25, 0.3) is 0 Å². The topological polar surface area (TPSA) is 35.2 Å². The number of hydrogen-bond acceptors (Lipinski definition) is 2. The highest BCUT2D eigenvalue weighted by molar-refractivity contribution is 5.39. The molecule has 2 aromatic carbocycles. The molecule has 0 aliphatic heterocycles. The minimum atomic E-state index is -0.593. The molecule has 1 aliphatic rings. The van der Waals surface area contributed by atoms with Gasteiger partial charge in [-0.25, -0.2) is 8.78 Å². The minimum absolute atomic E-state index is 0.0162. The molecule has 4 heteroatoms. The number of fused-ring (bicyclic) bond motifs is 1. The fourth-order valence-corrected chi connectivity index (χ4v) is 2.73. The van der Waals surface area contributed by atoms with E-state index in [9.17, 15) is 8.78 Å². The van der Waals surface area contributed by atoms with Crippen molar-refractivity contribution in [3.8, 4) is 5.75 Å². The molecule has 21 heavy (non-hydrogen) atoms. The first-order chi connectivity index (χ1) is 10.1. The molecule has 1 aliphatic carbocycles. The second-order valence-electron chi connectivity index (χ2n) is 5.35. The molecule has 0 heterocycles. The predicted molar refractivity (Wildman–Crippen MR) is 77.0 cm³/mol. The molecule has 1 atom stereocenters. The fraction of sp³-hybridized carbons (Fsp3) is 0.294. The third-order valence-corrected chi connectivity index (χ3v) is 3.92. The van der Waals surface area contributed by atoms with E-state index in [0.29, 0.717) is 5.75 Å². The normalized spacial score (nSPS) is 17.4. The standard InChI is InChI=1S/C17H17F2NO/c18-15-4-2-5-16(19)14(15)10-21-12-8-7-11-3-1-6-17(20)13(11)9-12/h2,4-5,7-9,17H,1,3,6,10,20H2/t17-/m1/s1. The first-order valence-electron chi connectivity index (χ1n) is 7.09. The Bertz CT molecular complexity index is 637. The van der Waals surface area contributed by atoms with E-state index in [1.165, 1.54) is 23.8 Å². The first-order valence-corrected chi connectivity index (χ1v) is 7.09. The van der Waals surface area contributed by atoms with Gasteiger partial charge in [0.15, 0.2) is 0 Å². The van der Waals surface area contributed by atoms with Gasteiger partial charge in [0.2, 0.25) is 0 Å². The molecule has 0 radical (unpaired) electrons. The summed E-state index contributed by atoms with van der Waals surface area (Å²) < 4.78 is 32.6. The average Bonchev–Trinajstić information content (AvgIpc) is 2.47. The molecule has 0 spiro atoms. The van der Waals surface area contributed by atoms with Crippen molar-refractivity contribution < 1.29 is 13.5 Å². The second kappa shape index (κ2) is 5.82. The van der Waals surface area contributed by atoms with Crippen molar-refractivity contribution in [2.45, 2.75) is 31.9 Å². The lowest BCUT2D eigenvalue weighted by Gasteiger charge is -2.22. The lowest BCUT2D eigenvalue weighted by molar-refractivity contribution is 0.291. The van der Waals surface area contributed by atoms with Crippen LogP contribution in [0.25, 0.3) is 0 Å². The summed E-state index contributed by atoms with van der Waals surface area (Å²) in [7, 11) is 0. The fourth-order valence-electron chi connectivity index (χ4n) is 2.73. The zero-order valence-electron chi connectivity index (χ0n) is 11.6. The Morgan fingerprint density at radius 2 is 1.90 bits per heavy atom. The minimum Gasteiger partial charge on any atom is -0.489 e. The Morgan fingerprint density at radius 3 is 2.67 bits per heavy atom. The maximum atomic E-state index is 13.5. The second-order valence-corrected chi connectivity index (χ2v) is 5.35. The van der Waals surface area contributed by atoms with Gasteiger partial charge >= 0.3 is 0 Å². The van der Waals surface area contributed by atoms with Crippen LogP contribution in [0.5, 0.6) is 5.75 Å². The van der Waals surface area contributed by atoms with Gasteiger partial charge in [0.05, 0.1) is 5.56 Å². The first kappa shape index (κ1) is 14.0. The van der Waals surface area contributed by atoms with Crippen molar-refractivity contribution in [1.82, 2.24) is 0 Å². The van der Waals surface area contributed by atoms with E-state index >= 15 is 0 Å². The van der Waals surface area contributed by atoms with Gasteiger partial charge in [0.1, 0.15) is 24.0 Å². The van der Waals surface area contributed by atoms with Crippen LogP contribution in [0.1, 0.15) is 35.6 Å². The van der Waals surface area contributed by atoms with Crippen LogP contribution < -0.4 is 10.5 Å². The lowest BCUT2D eigenvalue weighted by Crippen LogP contribution is -2.17. The number of ether oxygens (including phenoxy) is 1. The Labute approximate surface area is 122 Å². The van der Waals surface area contributed by atoms with E-state index in [1.54, 1.807) is 0 Å². The summed E-state index contributed by atoms with van der Waals surface area (Å²) in [6, 6.07) is 9.51. The molecule has 2 N–H and O–H groups in total. The van der Waals surface area contributed by atoms with Gasteiger partial charge in [-0.2, -0.15) is 0 Å². The molecule has 110 valence electrons. The van der Waals surface area contributed by atoms with Crippen LogP contribution in [0.15, 0.2) is 36.4 Å². The van der Waals surface area contributed by atoms with E-state index in [-0.39, 0.29) is 18.2 Å². The summed E-state index contributed by atoms with van der Waals surface area (Å²) in [6.07, 6.45) is 3.07. The number of aryl methyl sites for hydroxylation is 1. The molecule has 0 bridgehead atoms. The van der Waals surface area contributed by atoms with Crippen LogP contribution in [0, 0.1) is 11.6 Å². The number of rotatable bonds is 3. The van der Waals surface area contributed by atoms with Gasteiger partial charge in [-0.3, -0.25) is 0 Å². The summed E-state index contributed by atoms with van der Waals surface area (Å²) in [6.45, 7) is -0.132. The molecule has 0 saturated carbocycles.